The molecule has 0 radical (unpaired) electrons. The minimum Gasteiger partial charge on any atom is -0.506 e. The van der Waals surface area contributed by atoms with Crippen LogP contribution in [0, 0.1) is 0 Å². The van der Waals surface area contributed by atoms with Crippen molar-refractivity contribution < 1.29 is 19.1 Å². The van der Waals surface area contributed by atoms with Gasteiger partial charge in [-0.1, -0.05) is 0 Å². The Morgan fingerprint density at radius 3 is 2.57 bits per heavy atom. The normalized spacial score (nSPS) is 9.74. The van der Waals surface area contributed by atoms with E-state index in [1.807, 2.05) is 0 Å². The van der Waals surface area contributed by atoms with Crippen LogP contribution in [0.3, 0.4) is 0 Å². The Labute approximate surface area is 135 Å². The molecule has 10 heteroatoms. The molecule has 2 aromatic rings. The fourth-order valence-corrected chi connectivity index (χ4v) is 1.70. The molecule has 1 aromatic heterocycles. The summed E-state index contributed by atoms with van der Waals surface area (Å²) in [7, 11) is 0. The molecule has 1 aromatic carbocycles. The van der Waals surface area contributed by atoms with Gasteiger partial charge in [-0.15, -0.1) is 0 Å². The Morgan fingerprint density at radius 1 is 1.13 bits per heavy atom. The van der Waals surface area contributed by atoms with Crippen molar-refractivity contribution in [3.63, 3.8) is 0 Å². The predicted molar refractivity (Wildman–Crippen MR) is 88.4 cm³/mol. The molecule has 120 valence electrons. The van der Waals surface area contributed by atoms with Crippen LogP contribution in [0.4, 0.5) is 26.8 Å². The lowest BCUT2D eigenvalue weighted by Gasteiger charge is -2.11. The quantitative estimate of drug-likeness (QED) is 0.288. The maximum Gasteiger partial charge on any atom is 0.326 e. The second-order valence-electron chi connectivity index (χ2n) is 4.23. The van der Waals surface area contributed by atoms with Crippen molar-refractivity contribution >= 4 is 46.7 Å². The molecule has 23 heavy (non-hydrogen) atoms. The van der Waals surface area contributed by atoms with E-state index in [0.29, 0.717) is 5.69 Å². The van der Waals surface area contributed by atoms with Gasteiger partial charge in [-0.2, -0.15) is 0 Å². The van der Waals surface area contributed by atoms with Gasteiger partial charge in [0.15, 0.2) is 5.11 Å². The fourth-order valence-electron chi connectivity index (χ4n) is 1.60. The van der Waals surface area contributed by atoms with E-state index < -0.39 is 12.1 Å². The molecule has 0 atom stereocenters. The average Bonchev–Trinajstić information content (AvgIpc) is 2.94. The number of benzene rings is 1. The van der Waals surface area contributed by atoms with Crippen molar-refractivity contribution in [3.05, 3.63) is 36.6 Å². The maximum atomic E-state index is 11.8. The van der Waals surface area contributed by atoms with Crippen LogP contribution in [-0.4, -0.2) is 22.3 Å². The zero-order valence-electron chi connectivity index (χ0n) is 11.6. The number of aromatic hydroxyl groups is 1. The van der Waals surface area contributed by atoms with Gasteiger partial charge in [0, 0.05) is 11.8 Å². The lowest BCUT2D eigenvalue weighted by atomic mass is 10.2. The maximum absolute atomic E-state index is 11.8. The molecule has 0 bridgehead atoms. The molecule has 9 nitrogen and oxygen atoms in total. The van der Waals surface area contributed by atoms with Crippen LogP contribution in [0.5, 0.6) is 5.75 Å². The molecule has 7 N–H and O–H groups in total. The minimum absolute atomic E-state index is 0.0644. The highest BCUT2D eigenvalue weighted by Crippen LogP contribution is 2.26. The van der Waals surface area contributed by atoms with Crippen molar-refractivity contribution in [2.45, 2.75) is 0 Å². The summed E-state index contributed by atoms with van der Waals surface area (Å²) in [6.45, 7) is 0. The monoisotopic (exact) mass is 335 g/mol. The van der Waals surface area contributed by atoms with E-state index in [-0.39, 0.29) is 22.4 Å². The third-order valence-electron chi connectivity index (χ3n) is 2.50. The number of phenols is 1. The summed E-state index contributed by atoms with van der Waals surface area (Å²) in [6, 6.07) is 6.04. The first-order chi connectivity index (χ1) is 10.9. The van der Waals surface area contributed by atoms with Gasteiger partial charge in [0.2, 0.25) is 5.88 Å². The predicted octanol–water partition coefficient (Wildman–Crippen LogP) is 1.99. The summed E-state index contributed by atoms with van der Waals surface area (Å²) < 4.78 is 4.97. The van der Waals surface area contributed by atoms with Crippen LogP contribution in [0.15, 0.2) is 41.0 Å². The first-order valence-electron chi connectivity index (χ1n) is 6.26. The fraction of sp³-hybridized carbons (Fsp3) is 0. The largest absolute Gasteiger partial charge is 0.506 e. The lowest BCUT2D eigenvalue weighted by Crippen LogP contribution is -2.37. The van der Waals surface area contributed by atoms with Gasteiger partial charge < -0.3 is 25.9 Å². The summed E-state index contributed by atoms with van der Waals surface area (Å²) in [5.41, 5.74) is 5.56. The molecule has 4 amide bonds. The van der Waals surface area contributed by atoms with E-state index in [0.717, 1.165) is 0 Å². The lowest BCUT2D eigenvalue weighted by molar-refractivity contribution is 0.256. The molecule has 0 aliphatic heterocycles. The third-order valence-corrected chi connectivity index (χ3v) is 2.60. The van der Waals surface area contributed by atoms with E-state index in [2.05, 4.69) is 33.5 Å². The first-order valence-corrected chi connectivity index (χ1v) is 6.67. The molecule has 0 saturated carbocycles. The van der Waals surface area contributed by atoms with Crippen LogP contribution in [0.1, 0.15) is 0 Å². The van der Waals surface area contributed by atoms with Gasteiger partial charge in [-0.25, -0.2) is 9.59 Å². The Hall–Kier alpha value is -3.27. The zero-order valence-corrected chi connectivity index (χ0v) is 12.4. The molecule has 0 saturated heterocycles. The van der Waals surface area contributed by atoms with Gasteiger partial charge in [-0.3, -0.25) is 10.6 Å². The van der Waals surface area contributed by atoms with Gasteiger partial charge in [0.1, 0.15) is 5.75 Å². The SMILES string of the molecule is NC(=S)NC(=O)Nc1cc(NC(=O)Nc2ccco2)ccc1O. The molecule has 0 aliphatic carbocycles. The van der Waals surface area contributed by atoms with Crippen LogP contribution < -0.4 is 27.0 Å². The smallest absolute Gasteiger partial charge is 0.326 e. The van der Waals surface area contributed by atoms with Crippen molar-refractivity contribution in [1.29, 1.82) is 0 Å². The van der Waals surface area contributed by atoms with Crippen LogP contribution in [0.25, 0.3) is 0 Å². The van der Waals surface area contributed by atoms with Crippen molar-refractivity contribution in [2.75, 3.05) is 16.0 Å². The minimum atomic E-state index is -0.718. The third kappa shape index (κ3) is 4.89. The van der Waals surface area contributed by atoms with Gasteiger partial charge >= 0.3 is 12.1 Å². The molecule has 2 rings (SSSR count). The molecule has 0 fully saturated rings. The van der Waals surface area contributed by atoms with E-state index in [4.69, 9.17) is 10.2 Å². The standard InChI is InChI=1S/C13H13N5O4S/c14-11(23)18-13(21)16-8-6-7(3-4-9(8)19)15-12(20)17-10-2-1-5-22-10/h1-6,19H,(H2,15,17,20)(H4,14,16,18,21,23). The topological polar surface area (TPSA) is 142 Å². The number of phenolic OH excluding ortho intramolecular Hbond substituents is 1. The number of hydrogen-bond donors (Lipinski definition) is 6. The number of urea groups is 2. The Balaban J connectivity index is 2.02. The van der Waals surface area contributed by atoms with Crippen LogP contribution >= 0.6 is 12.2 Å². The number of rotatable bonds is 3. The van der Waals surface area contributed by atoms with E-state index >= 15 is 0 Å². The number of anilines is 3. The number of carbonyl (C=O) groups is 2. The summed E-state index contributed by atoms with van der Waals surface area (Å²) in [6.07, 6.45) is 1.42. The number of furan rings is 1. The second-order valence-corrected chi connectivity index (χ2v) is 4.67. The summed E-state index contributed by atoms with van der Waals surface area (Å²) in [5, 5.41) is 19.0. The first kappa shape index (κ1) is 16.1. The average molecular weight is 335 g/mol. The van der Waals surface area contributed by atoms with Crippen molar-refractivity contribution in [3.8, 4) is 5.75 Å². The highest BCUT2D eigenvalue weighted by atomic mass is 32.1. The number of carbonyl (C=O) groups excluding carboxylic acids is 2. The van der Waals surface area contributed by atoms with Crippen molar-refractivity contribution in [2.24, 2.45) is 5.73 Å². The number of thiocarbonyl (C=S) groups is 1. The molecular formula is C13H13N5O4S. The summed E-state index contributed by atoms with van der Waals surface area (Å²) >= 11 is 4.53. The number of hydrogen-bond acceptors (Lipinski definition) is 5. The molecule has 1 heterocycles. The van der Waals surface area contributed by atoms with Gasteiger partial charge in [0.25, 0.3) is 0 Å². The van der Waals surface area contributed by atoms with Gasteiger partial charge in [0.05, 0.1) is 12.0 Å². The van der Waals surface area contributed by atoms with Gasteiger partial charge in [-0.05, 0) is 36.5 Å². The molecule has 0 unspecified atom stereocenters. The Kier molecular flexibility index (Phi) is 5.00. The molecular weight excluding hydrogens is 322 g/mol. The van der Waals surface area contributed by atoms with E-state index in [9.17, 15) is 14.7 Å². The highest BCUT2D eigenvalue weighted by molar-refractivity contribution is 7.80. The van der Waals surface area contributed by atoms with E-state index in [1.54, 1.807) is 12.1 Å². The second kappa shape index (κ2) is 7.13. The summed E-state index contributed by atoms with van der Waals surface area (Å²) in [4.78, 5) is 23.3. The van der Waals surface area contributed by atoms with Crippen LogP contribution in [0.2, 0.25) is 0 Å². The Morgan fingerprint density at radius 2 is 1.91 bits per heavy atom. The number of amides is 4. The number of nitrogens with one attached hydrogen (secondary N) is 4. The van der Waals surface area contributed by atoms with Crippen LogP contribution in [-0.2, 0) is 0 Å². The summed E-state index contributed by atoms with van der Waals surface area (Å²) in [5.74, 6) is 0.0792. The van der Waals surface area contributed by atoms with E-state index in [1.165, 1.54) is 24.5 Å². The highest BCUT2D eigenvalue weighted by Gasteiger charge is 2.10. The Bertz CT molecular complexity index is 732. The zero-order chi connectivity index (χ0) is 16.8. The molecule has 0 aliphatic rings. The molecule has 0 spiro atoms. The van der Waals surface area contributed by atoms with Crippen molar-refractivity contribution in [1.82, 2.24) is 5.32 Å². The number of nitrogens with two attached hydrogens (primary N) is 1.